The van der Waals surface area contributed by atoms with Gasteiger partial charge in [-0.1, -0.05) is 12.1 Å². The minimum atomic E-state index is -4.74. The number of nitrogens with one attached hydrogen (secondary N) is 1. The van der Waals surface area contributed by atoms with E-state index >= 15 is 0 Å². The van der Waals surface area contributed by atoms with Crippen molar-refractivity contribution in [3.05, 3.63) is 29.8 Å². The molecule has 3 nitrogen and oxygen atoms in total. The molecular weight excluding hydrogens is 235 g/mol. The minimum Gasteiger partial charge on any atom is -0.406 e. The fourth-order valence-corrected chi connectivity index (χ4v) is 1.09. The van der Waals surface area contributed by atoms with Crippen molar-refractivity contribution in [2.24, 2.45) is 0 Å². The van der Waals surface area contributed by atoms with E-state index in [0.717, 1.165) is 0 Å². The molecule has 0 radical (unpaired) electrons. The van der Waals surface area contributed by atoms with Crippen molar-refractivity contribution in [2.45, 2.75) is 12.9 Å². The van der Waals surface area contributed by atoms with Gasteiger partial charge in [-0.15, -0.1) is 19.6 Å². The van der Waals surface area contributed by atoms with Crippen LogP contribution in [0.3, 0.4) is 0 Å². The average molecular weight is 243 g/mol. The van der Waals surface area contributed by atoms with Crippen molar-refractivity contribution in [3.63, 3.8) is 0 Å². The highest BCUT2D eigenvalue weighted by molar-refractivity contribution is 5.92. The molecule has 0 fully saturated rings. The monoisotopic (exact) mass is 243 g/mol. The van der Waals surface area contributed by atoms with Crippen LogP contribution >= 0.6 is 0 Å². The van der Waals surface area contributed by atoms with Gasteiger partial charge in [-0.05, 0) is 23.6 Å². The third kappa shape index (κ3) is 4.93. The van der Waals surface area contributed by atoms with Gasteiger partial charge in [0.05, 0.1) is 0 Å². The summed E-state index contributed by atoms with van der Waals surface area (Å²) in [5.41, 5.74) is 0.454. The van der Waals surface area contributed by atoms with Gasteiger partial charge in [0.2, 0.25) is 0 Å². The molecule has 0 atom stereocenters. The Morgan fingerprint density at radius 1 is 1.47 bits per heavy atom. The molecule has 1 N–H and O–H groups in total. The van der Waals surface area contributed by atoms with Gasteiger partial charge in [-0.25, -0.2) is 0 Å². The molecule has 0 aliphatic heterocycles. The largest absolute Gasteiger partial charge is 0.573 e. The minimum absolute atomic E-state index is 0.0398. The lowest BCUT2D eigenvalue weighted by molar-refractivity contribution is -0.274. The number of rotatable bonds is 3. The number of halogens is 3. The number of amides is 1. The van der Waals surface area contributed by atoms with Crippen LogP contribution in [-0.2, 0) is 11.3 Å². The zero-order valence-electron chi connectivity index (χ0n) is 8.54. The fourth-order valence-electron chi connectivity index (χ4n) is 1.09. The summed E-state index contributed by atoms with van der Waals surface area (Å²) in [5.74, 6) is 0.852. The standard InChI is InChI=1S/C11H8F3NO2/c1-2-10(16)15-7-8-4-3-5-9(6-8)17-11(12,13)14/h1,3-6H,7H2,(H,15,16). The molecule has 0 aromatic heterocycles. The quantitative estimate of drug-likeness (QED) is 0.822. The predicted octanol–water partition coefficient (Wildman–Crippen LogP) is 1.83. The van der Waals surface area contributed by atoms with E-state index in [0.29, 0.717) is 5.56 Å². The number of carbonyl (C=O) groups excluding carboxylic acids is 1. The van der Waals surface area contributed by atoms with Gasteiger partial charge in [-0.3, -0.25) is 4.79 Å². The lowest BCUT2D eigenvalue weighted by atomic mass is 10.2. The van der Waals surface area contributed by atoms with Gasteiger partial charge in [0.25, 0.3) is 5.91 Å². The maximum absolute atomic E-state index is 11.9. The molecule has 0 unspecified atom stereocenters. The summed E-state index contributed by atoms with van der Waals surface area (Å²) in [4.78, 5) is 10.7. The van der Waals surface area contributed by atoms with Crippen LogP contribution in [0.4, 0.5) is 13.2 Å². The van der Waals surface area contributed by atoms with E-state index in [1.165, 1.54) is 18.2 Å². The van der Waals surface area contributed by atoms with Crippen LogP contribution in [0.5, 0.6) is 5.75 Å². The molecular formula is C11H8F3NO2. The Kier molecular flexibility index (Phi) is 3.99. The molecule has 0 aliphatic carbocycles. The first-order valence-corrected chi connectivity index (χ1v) is 4.50. The van der Waals surface area contributed by atoms with Crippen LogP contribution in [0, 0.1) is 12.3 Å². The third-order valence-electron chi connectivity index (χ3n) is 1.72. The number of alkyl halides is 3. The summed E-state index contributed by atoms with van der Waals surface area (Å²) >= 11 is 0. The van der Waals surface area contributed by atoms with Crippen molar-refractivity contribution >= 4 is 5.91 Å². The second kappa shape index (κ2) is 5.25. The molecule has 0 saturated heterocycles. The summed E-state index contributed by atoms with van der Waals surface area (Å²) in [5, 5.41) is 2.33. The summed E-state index contributed by atoms with van der Waals surface area (Å²) < 4.78 is 39.5. The van der Waals surface area contributed by atoms with E-state index in [1.54, 1.807) is 6.07 Å². The lowest BCUT2D eigenvalue weighted by Crippen LogP contribution is -2.21. The number of benzene rings is 1. The SMILES string of the molecule is C#CC(=O)NCc1cccc(OC(F)(F)F)c1. The van der Waals surface area contributed by atoms with Crippen LogP contribution in [-0.4, -0.2) is 12.3 Å². The Morgan fingerprint density at radius 3 is 2.76 bits per heavy atom. The molecule has 17 heavy (non-hydrogen) atoms. The smallest absolute Gasteiger partial charge is 0.406 e. The average Bonchev–Trinajstić information content (AvgIpc) is 2.24. The van der Waals surface area contributed by atoms with Gasteiger partial charge in [0, 0.05) is 6.54 Å². The highest BCUT2D eigenvalue weighted by atomic mass is 19.4. The maximum atomic E-state index is 11.9. The van der Waals surface area contributed by atoms with E-state index in [-0.39, 0.29) is 12.3 Å². The van der Waals surface area contributed by atoms with Crippen LogP contribution in [0.25, 0.3) is 0 Å². The molecule has 1 amide bonds. The Labute approximate surface area is 95.6 Å². The maximum Gasteiger partial charge on any atom is 0.573 e. The van der Waals surface area contributed by atoms with Gasteiger partial charge in [0.1, 0.15) is 5.75 Å². The second-order valence-electron chi connectivity index (χ2n) is 3.02. The molecule has 1 aromatic rings. The normalized spacial score (nSPS) is 10.5. The molecule has 0 saturated carbocycles. The van der Waals surface area contributed by atoms with Crippen molar-refractivity contribution in [1.29, 1.82) is 0 Å². The summed E-state index contributed by atoms with van der Waals surface area (Å²) in [7, 11) is 0. The fraction of sp³-hybridized carbons (Fsp3) is 0.182. The first-order valence-electron chi connectivity index (χ1n) is 4.50. The van der Waals surface area contributed by atoms with Crippen LogP contribution in [0.1, 0.15) is 5.56 Å². The van der Waals surface area contributed by atoms with Gasteiger partial charge >= 0.3 is 6.36 Å². The molecule has 0 heterocycles. The topological polar surface area (TPSA) is 38.3 Å². The third-order valence-corrected chi connectivity index (χ3v) is 1.72. The van der Waals surface area contributed by atoms with E-state index in [9.17, 15) is 18.0 Å². The van der Waals surface area contributed by atoms with E-state index in [1.807, 2.05) is 5.92 Å². The van der Waals surface area contributed by atoms with E-state index < -0.39 is 12.3 Å². The number of hydrogen-bond donors (Lipinski definition) is 1. The Hall–Kier alpha value is -2.16. The predicted molar refractivity (Wildman–Crippen MR) is 53.8 cm³/mol. The molecule has 6 heteroatoms. The van der Waals surface area contributed by atoms with E-state index in [4.69, 9.17) is 6.42 Å². The van der Waals surface area contributed by atoms with Gasteiger partial charge < -0.3 is 10.1 Å². The Balaban J connectivity index is 2.67. The summed E-state index contributed by atoms with van der Waals surface area (Å²) in [6.07, 6.45) is 0.0784. The van der Waals surface area contributed by atoms with Gasteiger partial charge in [0.15, 0.2) is 0 Å². The molecule has 1 rings (SSSR count). The first kappa shape index (κ1) is 12.9. The highest BCUT2D eigenvalue weighted by Crippen LogP contribution is 2.23. The molecule has 0 aliphatic rings. The number of carbonyl (C=O) groups is 1. The number of hydrogen-bond acceptors (Lipinski definition) is 2. The molecule has 0 spiro atoms. The first-order chi connectivity index (χ1) is 7.90. The van der Waals surface area contributed by atoms with Crippen LogP contribution in [0.15, 0.2) is 24.3 Å². The zero-order chi connectivity index (χ0) is 12.9. The number of terminal acetylenes is 1. The van der Waals surface area contributed by atoms with Crippen LogP contribution in [0.2, 0.25) is 0 Å². The van der Waals surface area contributed by atoms with Crippen molar-refractivity contribution in [1.82, 2.24) is 5.32 Å². The highest BCUT2D eigenvalue weighted by Gasteiger charge is 2.31. The molecule has 1 aromatic carbocycles. The van der Waals surface area contributed by atoms with Crippen molar-refractivity contribution < 1.29 is 22.7 Å². The van der Waals surface area contributed by atoms with Crippen molar-refractivity contribution in [3.8, 4) is 18.1 Å². The van der Waals surface area contributed by atoms with E-state index in [2.05, 4.69) is 10.1 Å². The molecule has 0 bridgehead atoms. The zero-order valence-corrected chi connectivity index (χ0v) is 8.54. The second-order valence-corrected chi connectivity index (χ2v) is 3.02. The Bertz CT molecular complexity index is 449. The van der Waals surface area contributed by atoms with Crippen molar-refractivity contribution in [2.75, 3.05) is 0 Å². The summed E-state index contributed by atoms with van der Waals surface area (Å²) in [6.45, 7) is 0.0398. The van der Waals surface area contributed by atoms with Crippen LogP contribution < -0.4 is 10.1 Å². The molecule has 90 valence electrons. The summed E-state index contributed by atoms with van der Waals surface area (Å²) in [6, 6.07) is 5.27. The number of ether oxygens (including phenoxy) is 1. The Morgan fingerprint density at radius 2 is 2.18 bits per heavy atom. The van der Waals surface area contributed by atoms with Gasteiger partial charge in [-0.2, -0.15) is 0 Å². The lowest BCUT2D eigenvalue weighted by Gasteiger charge is -2.10.